The second-order valence-corrected chi connectivity index (χ2v) is 7.97. The molecule has 1 amide bonds. The number of pyridine rings is 1. The Morgan fingerprint density at radius 3 is 2.83 bits per heavy atom. The Balaban J connectivity index is 2.18. The standard InChI is InChI=1S/C19H31N3O2/c1-14(2)13-22-12-7-6-10-16(22)15-9-8-11-20-17(15)21-18(23)24-19(3,4)5/h8-9,11,14,16H,6-7,10,12-13H2,1-5H3,(H,20,21,23). The zero-order valence-electron chi connectivity index (χ0n) is 15.6. The normalized spacial score (nSPS) is 19.3. The highest BCUT2D eigenvalue weighted by Crippen LogP contribution is 2.34. The Labute approximate surface area is 145 Å². The molecule has 2 rings (SSSR count). The van der Waals surface area contributed by atoms with Gasteiger partial charge in [-0.25, -0.2) is 9.78 Å². The lowest BCUT2D eigenvalue weighted by Crippen LogP contribution is -2.36. The molecular formula is C19H31N3O2. The molecule has 2 heterocycles. The van der Waals surface area contributed by atoms with Crippen molar-refractivity contribution in [2.75, 3.05) is 18.4 Å². The Morgan fingerprint density at radius 2 is 2.17 bits per heavy atom. The third-order valence-corrected chi connectivity index (χ3v) is 4.03. The van der Waals surface area contributed by atoms with Gasteiger partial charge in [0.1, 0.15) is 11.4 Å². The van der Waals surface area contributed by atoms with Crippen LogP contribution in [0.4, 0.5) is 10.6 Å². The summed E-state index contributed by atoms with van der Waals surface area (Å²) < 4.78 is 5.37. The summed E-state index contributed by atoms with van der Waals surface area (Å²) in [4.78, 5) is 19.1. The van der Waals surface area contributed by atoms with Crippen LogP contribution in [-0.2, 0) is 4.74 Å². The monoisotopic (exact) mass is 333 g/mol. The molecule has 0 saturated carbocycles. The van der Waals surface area contributed by atoms with Gasteiger partial charge in [0.2, 0.25) is 0 Å². The molecule has 1 aromatic heterocycles. The summed E-state index contributed by atoms with van der Waals surface area (Å²) in [5.41, 5.74) is 0.566. The zero-order chi connectivity index (χ0) is 17.7. The molecule has 0 aromatic carbocycles. The Bertz CT molecular complexity index is 552. The molecule has 1 unspecified atom stereocenters. The zero-order valence-corrected chi connectivity index (χ0v) is 15.6. The van der Waals surface area contributed by atoms with Crippen LogP contribution in [-0.4, -0.2) is 34.7 Å². The summed E-state index contributed by atoms with van der Waals surface area (Å²) in [5.74, 6) is 1.23. The van der Waals surface area contributed by atoms with Crippen molar-refractivity contribution in [3.05, 3.63) is 23.9 Å². The van der Waals surface area contributed by atoms with Crippen LogP contribution in [0.5, 0.6) is 0 Å². The molecular weight excluding hydrogens is 302 g/mol. The topological polar surface area (TPSA) is 54.5 Å². The highest BCUT2D eigenvalue weighted by molar-refractivity contribution is 5.84. The fraction of sp³-hybridized carbons (Fsp3) is 0.684. The molecule has 24 heavy (non-hydrogen) atoms. The van der Waals surface area contributed by atoms with Gasteiger partial charge >= 0.3 is 6.09 Å². The van der Waals surface area contributed by atoms with E-state index in [1.807, 2.05) is 26.8 Å². The van der Waals surface area contributed by atoms with Crippen LogP contribution in [0.15, 0.2) is 18.3 Å². The van der Waals surface area contributed by atoms with E-state index < -0.39 is 11.7 Å². The number of nitrogens with one attached hydrogen (secondary N) is 1. The van der Waals surface area contributed by atoms with Crippen LogP contribution < -0.4 is 5.32 Å². The van der Waals surface area contributed by atoms with Gasteiger partial charge in [0.15, 0.2) is 0 Å². The lowest BCUT2D eigenvalue weighted by atomic mass is 9.94. The summed E-state index contributed by atoms with van der Waals surface area (Å²) in [6, 6.07) is 4.32. The van der Waals surface area contributed by atoms with Crippen molar-refractivity contribution in [1.82, 2.24) is 9.88 Å². The number of carbonyl (C=O) groups excluding carboxylic acids is 1. The average molecular weight is 333 g/mol. The van der Waals surface area contributed by atoms with E-state index in [9.17, 15) is 4.79 Å². The first-order valence-electron chi connectivity index (χ1n) is 8.95. The summed E-state index contributed by atoms with van der Waals surface area (Å²) in [5, 5.41) is 2.84. The predicted octanol–water partition coefficient (Wildman–Crippen LogP) is 4.61. The molecule has 0 aliphatic carbocycles. The van der Waals surface area contributed by atoms with E-state index in [1.165, 1.54) is 12.8 Å². The average Bonchev–Trinajstić information content (AvgIpc) is 2.46. The molecule has 1 aliphatic heterocycles. The van der Waals surface area contributed by atoms with E-state index in [0.717, 1.165) is 25.1 Å². The number of rotatable bonds is 4. The molecule has 1 fully saturated rings. The number of carbonyl (C=O) groups is 1. The fourth-order valence-electron chi connectivity index (χ4n) is 3.22. The van der Waals surface area contributed by atoms with Crippen LogP contribution in [0.2, 0.25) is 0 Å². The molecule has 1 aliphatic rings. The fourth-order valence-corrected chi connectivity index (χ4v) is 3.22. The Hall–Kier alpha value is -1.62. The molecule has 5 nitrogen and oxygen atoms in total. The molecule has 1 atom stereocenters. The van der Waals surface area contributed by atoms with E-state index in [1.54, 1.807) is 6.20 Å². The first-order chi connectivity index (χ1) is 11.3. The summed E-state index contributed by atoms with van der Waals surface area (Å²) in [7, 11) is 0. The predicted molar refractivity (Wildman–Crippen MR) is 97.1 cm³/mol. The summed E-state index contributed by atoms with van der Waals surface area (Å²) in [6.45, 7) is 12.2. The molecule has 1 N–H and O–H groups in total. The molecule has 5 heteroatoms. The molecule has 0 spiro atoms. The maximum absolute atomic E-state index is 12.1. The lowest BCUT2D eigenvalue weighted by molar-refractivity contribution is 0.0634. The number of likely N-dealkylation sites (tertiary alicyclic amines) is 1. The van der Waals surface area contributed by atoms with Crippen molar-refractivity contribution in [1.29, 1.82) is 0 Å². The van der Waals surface area contributed by atoms with Gasteiger partial charge in [-0.2, -0.15) is 0 Å². The van der Waals surface area contributed by atoms with Crippen molar-refractivity contribution < 1.29 is 9.53 Å². The Kier molecular flexibility index (Phi) is 6.21. The van der Waals surface area contributed by atoms with Crippen LogP contribution in [0.3, 0.4) is 0 Å². The number of piperidine rings is 1. The van der Waals surface area contributed by atoms with Crippen molar-refractivity contribution in [3.63, 3.8) is 0 Å². The highest BCUT2D eigenvalue weighted by Gasteiger charge is 2.27. The van der Waals surface area contributed by atoms with Gasteiger partial charge in [0.25, 0.3) is 0 Å². The first-order valence-corrected chi connectivity index (χ1v) is 8.95. The number of hydrogen-bond acceptors (Lipinski definition) is 4. The first kappa shape index (κ1) is 18.7. The number of anilines is 1. The van der Waals surface area contributed by atoms with Gasteiger partial charge in [-0.15, -0.1) is 0 Å². The van der Waals surface area contributed by atoms with E-state index >= 15 is 0 Å². The van der Waals surface area contributed by atoms with Gasteiger partial charge in [-0.1, -0.05) is 26.3 Å². The van der Waals surface area contributed by atoms with Crippen molar-refractivity contribution in [2.45, 2.75) is 65.5 Å². The number of nitrogens with zero attached hydrogens (tertiary/aromatic N) is 2. The molecule has 1 aromatic rings. The summed E-state index contributed by atoms with van der Waals surface area (Å²) >= 11 is 0. The molecule has 134 valence electrons. The third-order valence-electron chi connectivity index (χ3n) is 4.03. The van der Waals surface area contributed by atoms with Crippen LogP contribution in [0, 0.1) is 5.92 Å². The lowest BCUT2D eigenvalue weighted by Gasteiger charge is -2.37. The molecule has 0 bridgehead atoms. The SMILES string of the molecule is CC(C)CN1CCCCC1c1cccnc1NC(=O)OC(C)(C)C. The van der Waals surface area contributed by atoms with Gasteiger partial charge in [-0.3, -0.25) is 10.2 Å². The smallest absolute Gasteiger partial charge is 0.413 e. The second kappa shape index (κ2) is 7.97. The minimum Gasteiger partial charge on any atom is -0.444 e. The number of amides is 1. The van der Waals surface area contributed by atoms with Crippen molar-refractivity contribution >= 4 is 11.9 Å². The van der Waals surface area contributed by atoms with E-state index in [-0.39, 0.29) is 0 Å². The minimum absolute atomic E-state index is 0.305. The van der Waals surface area contributed by atoms with Crippen molar-refractivity contribution in [3.8, 4) is 0 Å². The van der Waals surface area contributed by atoms with Crippen LogP contribution >= 0.6 is 0 Å². The van der Waals surface area contributed by atoms with Crippen LogP contribution in [0.1, 0.15) is 65.5 Å². The number of ether oxygens (including phenoxy) is 1. The maximum atomic E-state index is 12.1. The van der Waals surface area contributed by atoms with Gasteiger partial charge in [0, 0.05) is 24.3 Å². The minimum atomic E-state index is -0.520. The summed E-state index contributed by atoms with van der Waals surface area (Å²) in [6.07, 6.45) is 4.81. The molecule has 1 saturated heterocycles. The van der Waals surface area contributed by atoms with Gasteiger partial charge < -0.3 is 4.74 Å². The van der Waals surface area contributed by atoms with Gasteiger partial charge in [-0.05, 0) is 52.1 Å². The quantitative estimate of drug-likeness (QED) is 0.874. The Morgan fingerprint density at radius 1 is 1.42 bits per heavy atom. The van der Waals surface area contributed by atoms with Crippen LogP contribution in [0.25, 0.3) is 0 Å². The van der Waals surface area contributed by atoms with E-state index in [0.29, 0.717) is 17.8 Å². The van der Waals surface area contributed by atoms with Crippen molar-refractivity contribution in [2.24, 2.45) is 5.92 Å². The third kappa shape index (κ3) is 5.48. The highest BCUT2D eigenvalue weighted by atomic mass is 16.6. The van der Waals surface area contributed by atoms with E-state index in [2.05, 4.69) is 35.1 Å². The van der Waals surface area contributed by atoms with E-state index in [4.69, 9.17) is 4.74 Å². The largest absolute Gasteiger partial charge is 0.444 e. The van der Waals surface area contributed by atoms with Gasteiger partial charge in [0.05, 0.1) is 0 Å². The second-order valence-electron chi connectivity index (χ2n) is 7.97. The molecule has 0 radical (unpaired) electrons. The number of aromatic nitrogens is 1. The maximum Gasteiger partial charge on any atom is 0.413 e. The number of hydrogen-bond donors (Lipinski definition) is 1.